The summed E-state index contributed by atoms with van der Waals surface area (Å²) in [6, 6.07) is 1.00. The van der Waals surface area contributed by atoms with Gasteiger partial charge in [0.25, 0.3) is 0 Å². The molecule has 0 amide bonds. The third-order valence-electron chi connectivity index (χ3n) is 2.35. The minimum Gasteiger partial charge on any atom is -0.378 e. The topological polar surface area (TPSA) is 125 Å². The Morgan fingerprint density at radius 2 is 2.16 bits per heavy atom. The van der Waals surface area contributed by atoms with E-state index in [2.05, 4.69) is 4.98 Å². The highest BCUT2D eigenvalue weighted by atomic mass is 32.2. The summed E-state index contributed by atoms with van der Waals surface area (Å²) < 4.78 is 28.5. The van der Waals surface area contributed by atoms with Crippen LogP contribution in [0, 0.1) is 10.1 Å². The van der Waals surface area contributed by atoms with Gasteiger partial charge in [-0.25, -0.2) is 4.98 Å². The third-order valence-corrected chi connectivity index (χ3v) is 3.70. The molecule has 0 saturated heterocycles. The molecule has 19 heavy (non-hydrogen) atoms. The van der Waals surface area contributed by atoms with Gasteiger partial charge in [0.15, 0.2) is 4.90 Å². The lowest BCUT2D eigenvalue weighted by Gasteiger charge is -2.06. The number of nitrogens with two attached hydrogens (primary N) is 1. The molecular formula is C10H15N3O5S. The fraction of sp³-hybridized carbons (Fsp3) is 0.500. The van der Waals surface area contributed by atoms with Gasteiger partial charge in [-0.1, -0.05) is 19.8 Å². The standard InChI is InChI=1S/C10H15N3O5S/c1-2-3-4-7-18-19(16,17)8-5-6-12-10(11)9(8)13(14)15/h5-6H,2-4,7H2,1H3,(H2,11,12). The van der Waals surface area contributed by atoms with Crippen LogP contribution in [0.5, 0.6) is 0 Å². The lowest BCUT2D eigenvalue weighted by Crippen LogP contribution is -2.12. The summed E-state index contributed by atoms with van der Waals surface area (Å²) in [5, 5.41) is 10.8. The van der Waals surface area contributed by atoms with Crippen LogP contribution in [0.2, 0.25) is 0 Å². The normalized spacial score (nSPS) is 11.4. The van der Waals surface area contributed by atoms with E-state index in [1.54, 1.807) is 0 Å². The zero-order chi connectivity index (χ0) is 14.5. The van der Waals surface area contributed by atoms with E-state index < -0.39 is 31.4 Å². The Labute approximate surface area is 110 Å². The molecule has 0 bridgehead atoms. The first-order valence-corrected chi connectivity index (χ1v) is 7.09. The number of aromatic nitrogens is 1. The molecule has 0 aliphatic heterocycles. The summed E-state index contributed by atoms with van der Waals surface area (Å²) in [6.45, 7) is 1.94. The van der Waals surface area contributed by atoms with E-state index in [-0.39, 0.29) is 6.61 Å². The Bertz CT molecular complexity index is 558. The van der Waals surface area contributed by atoms with Crippen LogP contribution in [0.3, 0.4) is 0 Å². The van der Waals surface area contributed by atoms with Crippen molar-refractivity contribution in [2.75, 3.05) is 12.3 Å². The van der Waals surface area contributed by atoms with Gasteiger partial charge in [0.2, 0.25) is 5.82 Å². The molecule has 0 aliphatic rings. The van der Waals surface area contributed by atoms with Gasteiger partial charge in [0, 0.05) is 6.20 Å². The Morgan fingerprint density at radius 3 is 2.74 bits per heavy atom. The second kappa shape index (κ2) is 6.43. The summed E-state index contributed by atoms with van der Waals surface area (Å²) in [5.74, 6) is -0.455. The van der Waals surface area contributed by atoms with Gasteiger partial charge in [-0.15, -0.1) is 0 Å². The number of pyridine rings is 1. The van der Waals surface area contributed by atoms with E-state index in [0.717, 1.165) is 25.1 Å². The van der Waals surface area contributed by atoms with Gasteiger partial charge in [-0.05, 0) is 12.5 Å². The van der Waals surface area contributed by atoms with Gasteiger partial charge in [-0.2, -0.15) is 8.42 Å². The Kier molecular flexibility index (Phi) is 5.19. The molecule has 0 saturated carbocycles. The van der Waals surface area contributed by atoms with Crippen LogP contribution in [0.15, 0.2) is 17.2 Å². The molecule has 2 N–H and O–H groups in total. The van der Waals surface area contributed by atoms with Crippen LogP contribution in [-0.4, -0.2) is 24.9 Å². The molecule has 0 aliphatic carbocycles. The Hall–Kier alpha value is -1.74. The number of hydrogen-bond donors (Lipinski definition) is 1. The predicted octanol–water partition coefficient (Wildman–Crippen LogP) is 1.47. The van der Waals surface area contributed by atoms with Crippen LogP contribution < -0.4 is 5.73 Å². The molecule has 1 heterocycles. The maximum absolute atomic E-state index is 11.9. The minimum atomic E-state index is -4.20. The lowest BCUT2D eigenvalue weighted by atomic mass is 10.3. The molecule has 0 radical (unpaired) electrons. The molecule has 0 fully saturated rings. The van der Waals surface area contributed by atoms with Gasteiger partial charge in [0.1, 0.15) is 0 Å². The van der Waals surface area contributed by atoms with Crippen LogP contribution in [0.4, 0.5) is 11.5 Å². The summed E-state index contributed by atoms with van der Waals surface area (Å²) in [5.41, 5.74) is 4.57. The molecule has 0 aromatic carbocycles. The molecule has 1 rings (SSSR count). The van der Waals surface area contributed by atoms with Crippen LogP contribution in [0.1, 0.15) is 26.2 Å². The van der Waals surface area contributed by atoms with Gasteiger partial charge in [-0.3, -0.25) is 14.3 Å². The summed E-state index contributed by atoms with van der Waals surface area (Å²) in [7, 11) is -4.20. The van der Waals surface area contributed by atoms with E-state index >= 15 is 0 Å². The molecular weight excluding hydrogens is 274 g/mol. The molecule has 9 heteroatoms. The number of nitrogen functional groups attached to an aromatic ring is 1. The number of nitrogens with zero attached hydrogens (tertiary/aromatic N) is 2. The molecule has 0 spiro atoms. The number of unbranched alkanes of at least 4 members (excludes halogenated alkanes) is 2. The highest BCUT2D eigenvalue weighted by molar-refractivity contribution is 7.87. The van der Waals surface area contributed by atoms with Crippen molar-refractivity contribution in [1.82, 2.24) is 4.98 Å². The van der Waals surface area contributed by atoms with E-state index in [0.29, 0.717) is 6.42 Å². The van der Waals surface area contributed by atoms with Crippen molar-refractivity contribution in [2.45, 2.75) is 31.1 Å². The van der Waals surface area contributed by atoms with Crippen molar-refractivity contribution in [3.05, 3.63) is 22.4 Å². The fourth-order valence-electron chi connectivity index (χ4n) is 1.42. The first-order valence-electron chi connectivity index (χ1n) is 5.68. The van der Waals surface area contributed by atoms with Crippen LogP contribution in [-0.2, 0) is 14.3 Å². The monoisotopic (exact) mass is 289 g/mol. The minimum absolute atomic E-state index is 0.0183. The summed E-state index contributed by atoms with van der Waals surface area (Å²) >= 11 is 0. The molecule has 1 aromatic heterocycles. The number of anilines is 1. The average molecular weight is 289 g/mol. The fourth-order valence-corrected chi connectivity index (χ4v) is 2.53. The van der Waals surface area contributed by atoms with Crippen molar-refractivity contribution >= 4 is 21.6 Å². The van der Waals surface area contributed by atoms with Crippen molar-refractivity contribution < 1.29 is 17.5 Å². The highest BCUT2D eigenvalue weighted by Crippen LogP contribution is 2.29. The second-order valence-electron chi connectivity index (χ2n) is 3.78. The first kappa shape index (κ1) is 15.3. The SMILES string of the molecule is CCCCCOS(=O)(=O)c1ccnc(N)c1[N+](=O)[O-]. The summed E-state index contributed by atoms with van der Waals surface area (Å²) in [4.78, 5) is 12.9. The number of hydrogen-bond acceptors (Lipinski definition) is 7. The molecule has 8 nitrogen and oxygen atoms in total. The molecule has 1 aromatic rings. The lowest BCUT2D eigenvalue weighted by molar-refractivity contribution is -0.387. The first-order chi connectivity index (χ1) is 8.90. The molecule has 0 unspecified atom stereocenters. The molecule has 0 atom stereocenters. The zero-order valence-electron chi connectivity index (χ0n) is 10.4. The maximum atomic E-state index is 11.9. The van der Waals surface area contributed by atoms with E-state index in [9.17, 15) is 18.5 Å². The van der Waals surface area contributed by atoms with Crippen LogP contribution in [0.25, 0.3) is 0 Å². The number of rotatable bonds is 7. The van der Waals surface area contributed by atoms with Gasteiger partial charge >= 0.3 is 15.8 Å². The second-order valence-corrected chi connectivity index (χ2v) is 5.37. The van der Waals surface area contributed by atoms with E-state index in [1.165, 1.54) is 0 Å². The molecule has 106 valence electrons. The van der Waals surface area contributed by atoms with Gasteiger partial charge in [0.05, 0.1) is 11.5 Å². The average Bonchev–Trinajstić information content (AvgIpc) is 2.34. The Balaban J connectivity index is 3.01. The predicted molar refractivity (Wildman–Crippen MR) is 68.0 cm³/mol. The van der Waals surface area contributed by atoms with Crippen molar-refractivity contribution in [1.29, 1.82) is 0 Å². The number of nitro groups is 1. The highest BCUT2D eigenvalue weighted by Gasteiger charge is 2.29. The van der Waals surface area contributed by atoms with Gasteiger partial charge < -0.3 is 5.73 Å². The van der Waals surface area contributed by atoms with E-state index in [4.69, 9.17) is 9.92 Å². The quantitative estimate of drug-likeness (QED) is 0.348. The van der Waals surface area contributed by atoms with Crippen molar-refractivity contribution in [3.63, 3.8) is 0 Å². The van der Waals surface area contributed by atoms with Crippen molar-refractivity contribution in [3.8, 4) is 0 Å². The van der Waals surface area contributed by atoms with Crippen molar-refractivity contribution in [2.24, 2.45) is 0 Å². The maximum Gasteiger partial charge on any atom is 0.332 e. The zero-order valence-corrected chi connectivity index (χ0v) is 11.2. The Morgan fingerprint density at radius 1 is 1.47 bits per heavy atom. The van der Waals surface area contributed by atoms with Crippen LogP contribution >= 0.6 is 0 Å². The smallest absolute Gasteiger partial charge is 0.332 e. The summed E-state index contributed by atoms with van der Waals surface area (Å²) in [6.07, 6.45) is 3.37. The van der Waals surface area contributed by atoms with E-state index in [1.807, 2.05) is 6.92 Å². The largest absolute Gasteiger partial charge is 0.378 e. The third kappa shape index (κ3) is 3.86.